The number of nitrogens with two attached hydrogens (primary N) is 1. The van der Waals surface area contributed by atoms with E-state index in [4.69, 9.17) is 20.5 Å². The van der Waals surface area contributed by atoms with Gasteiger partial charge in [-0.05, 0) is 12.1 Å². The van der Waals surface area contributed by atoms with E-state index < -0.39 is 18.0 Å². The zero-order valence-corrected chi connectivity index (χ0v) is 12.9. The van der Waals surface area contributed by atoms with Crippen LogP contribution in [0, 0.1) is 11.3 Å². The summed E-state index contributed by atoms with van der Waals surface area (Å²) in [6.45, 7) is 0. The maximum atomic E-state index is 12.3. The molecule has 0 spiro atoms. The minimum atomic E-state index is -1.11. The highest BCUT2D eigenvalue weighted by atomic mass is 16.5. The van der Waals surface area contributed by atoms with Gasteiger partial charge in [-0.1, -0.05) is 30.3 Å². The van der Waals surface area contributed by atoms with Gasteiger partial charge in [0.2, 0.25) is 6.10 Å². The van der Waals surface area contributed by atoms with Gasteiger partial charge in [-0.15, -0.1) is 0 Å². The second-order valence-electron chi connectivity index (χ2n) is 4.74. The molecule has 0 aliphatic heterocycles. The number of nitriles is 1. The van der Waals surface area contributed by atoms with Crippen molar-refractivity contribution in [2.75, 3.05) is 7.11 Å². The molecule has 0 radical (unpaired) electrons. The van der Waals surface area contributed by atoms with E-state index >= 15 is 0 Å². The van der Waals surface area contributed by atoms with Crippen LogP contribution >= 0.6 is 0 Å². The quantitative estimate of drug-likeness (QED) is 0.871. The van der Waals surface area contributed by atoms with Crippen molar-refractivity contribution in [3.8, 4) is 17.6 Å². The Hall–Kier alpha value is -3.53. The zero-order chi connectivity index (χ0) is 17.5. The normalized spacial score (nSPS) is 11.0. The van der Waals surface area contributed by atoms with E-state index in [0.29, 0.717) is 16.9 Å². The van der Waals surface area contributed by atoms with Crippen molar-refractivity contribution in [3.63, 3.8) is 0 Å². The van der Waals surface area contributed by atoms with Gasteiger partial charge in [0.1, 0.15) is 0 Å². The zero-order valence-electron chi connectivity index (χ0n) is 12.9. The number of hydrogen-bond donors (Lipinski definition) is 2. The molecular weight excluding hydrogens is 310 g/mol. The van der Waals surface area contributed by atoms with Gasteiger partial charge in [0, 0.05) is 11.6 Å². The molecule has 2 rings (SSSR count). The molecule has 0 heterocycles. The van der Waals surface area contributed by atoms with Crippen molar-refractivity contribution in [1.29, 1.82) is 5.26 Å². The lowest BCUT2D eigenvalue weighted by atomic mass is 10.1. The molecular formula is C17H15N3O4. The van der Waals surface area contributed by atoms with Gasteiger partial charge < -0.3 is 15.2 Å². The van der Waals surface area contributed by atoms with E-state index in [1.54, 1.807) is 30.3 Å². The summed E-state index contributed by atoms with van der Waals surface area (Å²) in [5.74, 6) is -0.160. The Morgan fingerprint density at radius 1 is 1.17 bits per heavy atom. The number of nitrogens with zero attached hydrogens (tertiary/aromatic N) is 1. The van der Waals surface area contributed by atoms with E-state index in [1.165, 1.54) is 25.3 Å². The minimum Gasteiger partial charge on any atom is -0.493 e. The number of primary amides is 1. The van der Waals surface area contributed by atoms with Gasteiger partial charge in [-0.25, -0.2) is 4.79 Å². The molecule has 0 unspecified atom stereocenters. The maximum Gasteiger partial charge on any atom is 0.318 e. The van der Waals surface area contributed by atoms with Gasteiger partial charge in [-0.2, -0.15) is 5.26 Å². The molecule has 2 aromatic carbocycles. The Balaban J connectivity index is 2.37. The fourth-order valence-corrected chi connectivity index (χ4v) is 2.05. The number of nitrogens with one attached hydrogen (secondary N) is 1. The average molecular weight is 325 g/mol. The van der Waals surface area contributed by atoms with Crippen molar-refractivity contribution in [2.45, 2.75) is 6.10 Å². The number of benzene rings is 2. The van der Waals surface area contributed by atoms with Crippen LogP contribution in [0.5, 0.6) is 11.5 Å². The van der Waals surface area contributed by atoms with Crippen LogP contribution in [-0.4, -0.2) is 19.0 Å². The van der Waals surface area contributed by atoms with Crippen molar-refractivity contribution >= 4 is 11.9 Å². The standard InChI is InChI=1S/C17H15N3O4/c1-23-14-9-11(10-18)7-8-13(14)24-15(16(21)20-17(19)22)12-5-3-2-4-6-12/h2-9,15H,1H3,(H3,19,20,21,22)/t15-/m1/s1. The highest BCUT2D eigenvalue weighted by Crippen LogP contribution is 2.32. The smallest absolute Gasteiger partial charge is 0.318 e. The van der Waals surface area contributed by atoms with E-state index in [-0.39, 0.29) is 5.75 Å². The minimum absolute atomic E-state index is 0.255. The number of carbonyl (C=O) groups excluding carboxylic acids is 2. The average Bonchev–Trinajstić information content (AvgIpc) is 2.59. The molecule has 3 amide bonds. The van der Waals surface area contributed by atoms with Crippen LogP contribution in [0.15, 0.2) is 48.5 Å². The fourth-order valence-electron chi connectivity index (χ4n) is 2.05. The molecule has 7 nitrogen and oxygen atoms in total. The third-order valence-corrected chi connectivity index (χ3v) is 3.12. The molecule has 0 fully saturated rings. The molecule has 0 saturated carbocycles. The number of amides is 3. The Bertz CT molecular complexity index is 784. The van der Waals surface area contributed by atoms with Crippen LogP contribution in [0.2, 0.25) is 0 Å². The van der Waals surface area contributed by atoms with Gasteiger partial charge in [0.15, 0.2) is 11.5 Å². The first kappa shape index (κ1) is 16.8. The van der Waals surface area contributed by atoms with E-state index in [9.17, 15) is 9.59 Å². The van der Waals surface area contributed by atoms with Gasteiger partial charge in [0.05, 0.1) is 18.7 Å². The number of methoxy groups -OCH3 is 1. The first-order chi connectivity index (χ1) is 11.5. The fraction of sp³-hybridized carbons (Fsp3) is 0.118. The Kier molecular flexibility index (Phi) is 5.36. The molecule has 24 heavy (non-hydrogen) atoms. The second-order valence-corrected chi connectivity index (χ2v) is 4.74. The second kappa shape index (κ2) is 7.65. The highest BCUT2D eigenvalue weighted by molar-refractivity contribution is 5.96. The van der Waals surface area contributed by atoms with Crippen LogP contribution in [0.25, 0.3) is 0 Å². The maximum absolute atomic E-state index is 12.3. The molecule has 7 heteroatoms. The topological polar surface area (TPSA) is 114 Å². The molecule has 2 aromatic rings. The van der Waals surface area contributed by atoms with E-state index in [1.807, 2.05) is 11.4 Å². The van der Waals surface area contributed by atoms with Crippen molar-refractivity contribution < 1.29 is 19.1 Å². The lowest BCUT2D eigenvalue weighted by Crippen LogP contribution is -2.40. The van der Waals surface area contributed by atoms with Crippen LogP contribution in [0.1, 0.15) is 17.2 Å². The Morgan fingerprint density at radius 3 is 2.46 bits per heavy atom. The predicted molar refractivity (Wildman–Crippen MR) is 85.2 cm³/mol. The summed E-state index contributed by atoms with van der Waals surface area (Å²) in [6.07, 6.45) is -1.11. The van der Waals surface area contributed by atoms with Crippen LogP contribution in [0.4, 0.5) is 4.79 Å². The number of urea groups is 1. The molecule has 122 valence electrons. The van der Waals surface area contributed by atoms with Crippen molar-refractivity contribution in [2.24, 2.45) is 5.73 Å². The third kappa shape index (κ3) is 4.01. The molecule has 0 saturated heterocycles. The first-order valence-electron chi connectivity index (χ1n) is 6.95. The predicted octanol–water partition coefficient (Wildman–Crippen LogP) is 1.88. The number of ether oxygens (including phenoxy) is 2. The summed E-state index contributed by atoms with van der Waals surface area (Å²) in [6, 6.07) is 14.2. The SMILES string of the molecule is COc1cc(C#N)ccc1O[C@@H](C(=O)NC(N)=O)c1ccccc1. The molecule has 0 aliphatic carbocycles. The van der Waals surface area contributed by atoms with Gasteiger partial charge >= 0.3 is 6.03 Å². The van der Waals surface area contributed by atoms with Crippen LogP contribution in [-0.2, 0) is 4.79 Å². The lowest BCUT2D eigenvalue weighted by molar-refractivity contribution is -0.127. The molecule has 0 aliphatic rings. The monoisotopic (exact) mass is 325 g/mol. The molecule has 3 N–H and O–H groups in total. The van der Waals surface area contributed by atoms with Gasteiger partial charge in [0.25, 0.3) is 5.91 Å². The van der Waals surface area contributed by atoms with Crippen molar-refractivity contribution in [1.82, 2.24) is 5.32 Å². The molecule has 1 atom stereocenters. The van der Waals surface area contributed by atoms with E-state index in [2.05, 4.69) is 0 Å². The molecule has 0 bridgehead atoms. The number of imide groups is 1. The van der Waals surface area contributed by atoms with Gasteiger partial charge in [-0.3, -0.25) is 10.1 Å². The summed E-state index contributed by atoms with van der Waals surface area (Å²) in [5.41, 5.74) is 5.93. The van der Waals surface area contributed by atoms with Crippen molar-refractivity contribution in [3.05, 3.63) is 59.7 Å². The summed E-state index contributed by atoms with van der Waals surface area (Å²) >= 11 is 0. The number of rotatable bonds is 5. The Labute approximate surface area is 138 Å². The highest BCUT2D eigenvalue weighted by Gasteiger charge is 2.25. The summed E-state index contributed by atoms with van der Waals surface area (Å²) < 4.78 is 10.9. The summed E-state index contributed by atoms with van der Waals surface area (Å²) in [4.78, 5) is 23.2. The Morgan fingerprint density at radius 2 is 1.88 bits per heavy atom. The van der Waals surface area contributed by atoms with E-state index in [0.717, 1.165) is 0 Å². The summed E-state index contributed by atoms with van der Waals surface area (Å²) in [5, 5.41) is 10.9. The van der Waals surface area contributed by atoms with Crippen LogP contribution in [0.3, 0.4) is 0 Å². The number of hydrogen-bond acceptors (Lipinski definition) is 5. The first-order valence-corrected chi connectivity index (χ1v) is 6.95. The largest absolute Gasteiger partial charge is 0.493 e. The van der Waals surface area contributed by atoms with Crippen LogP contribution < -0.4 is 20.5 Å². The number of carbonyl (C=O) groups is 2. The third-order valence-electron chi connectivity index (χ3n) is 3.12. The summed E-state index contributed by atoms with van der Waals surface area (Å²) in [7, 11) is 1.42. The molecule has 0 aromatic heterocycles. The lowest BCUT2D eigenvalue weighted by Gasteiger charge is -2.19.